The average Bonchev–Trinajstić information content (AvgIpc) is 2.38. The van der Waals surface area contributed by atoms with E-state index in [1.54, 1.807) is 27.7 Å². The Hall–Kier alpha value is -1.11. The standard InChI is InChI=1S/C13H21BrO6/c1-5-18-10(15)8-9(4)13(14,11(16)19-6-2)12(17)20-7-3/h9H,5-8H2,1-4H3/t9-/m0/s1. The van der Waals surface area contributed by atoms with Crippen molar-refractivity contribution in [2.75, 3.05) is 19.8 Å². The maximum atomic E-state index is 12.0. The quantitative estimate of drug-likeness (QED) is 0.287. The molecule has 0 bridgehead atoms. The molecule has 0 amide bonds. The Morgan fingerprint density at radius 2 is 1.35 bits per heavy atom. The van der Waals surface area contributed by atoms with Crippen LogP contribution in [0.4, 0.5) is 0 Å². The molecule has 0 rings (SSSR count). The molecule has 7 heteroatoms. The van der Waals surface area contributed by atoms with Crippen molar-refractivity contribution in [3.05, 3.63) is 0 Å². The van der Waals surface area contributed by atoms with E-state index >= 15 is 0 Å². The van der Waals surface area contributed by atoms with Crippen molar-refractivity contribution in [1.29, 1.82) is 0 Å². The van der Waals surface area contributed by atoms with Gasteiger partial charge in [-0.2, -0.15) is 0 Å². The lowest BCUT2D eigenvalue weighted by molar-refractivity contribution is -0.161. The molecule has 0 aromatic rings. The fourth-order valence-electron chi connectivity index (χ4n) is 1.57. The summed E-state index contributed by atoms with van der Waals surface area (Å²) in [5.41, 5.74) is 0. The van der Waals surface area contributed by atoms with Gasteiger partial charge in [-0.25, -0.2) is 9.59 Å². The van der Waals surface area contributed by atoms with Gasteiger partial charge >= 0.3 is 17.9 Å². The average molecular weight is 353 g/mol. The van der Waals surface area contributed by atoms with Crippen molar-refractivity contribution in [3.63, 3.8) is 0 Å². The number of halogens is 1. The maximum absolute atomic E-state index is 12.0. The Morgan fingerprint density at radius 3 is 1.70 bits per heavy atom. The second kappa shape index (κ2) is 8.94. The minimum Gasteiger partial charge on any atom is -0.466 e. The fraction of sp³-hybridized carbons (Fsp3) is 0.769. The summed E-state index contributed by atoms with van der Waals surface area (Å²) in [5, 5.41) is 0. The number of rotatable bonds is 8. The Balaban J connectivity index is 5.14. The molecule has 0 spiro atoms. The monoisotopic (exact) mass is 352 g/mol. The van der Waals surface area contributed by atoms with Crippen molar-refractivity contribution in [3.8, 4) is 0 Å². The third-order valence-electron chi connectivity index (χ3n) is 2.60. The predicted molar refractivity (Wildman–Crippen MR) is 75.3 cm³/mol. The van der Waals surface area contributed by atoms with E-state index in [1.807, 2.05) is 0 Å². The largest absolute Gasteiger partial charge is 0.466 e. The summed E-state index contributed by atoms with van der Waals surface area (Å²) in [5.74, 6) is -2.69. The lowest BCUT2D eigenvalue weighted by Crippen LogP contribution is -2.49. The summed E-state index contributed by atoms with van der Waals surface area (Å²) in [7, 11) is 0. The Morgan fingerprint density at radius 1 is 0.950 bits per heavy atom. The minimum atomic E-state index is -1.70. The summed E-state index contributed by atoms with van der Waals surface area (Å²) < 4.78 is 12.9. The molecular weight excluding hydrogens is 332 g/mol. The predicted octanol–water partition coefficient (Wildman–Crippen LogP) is 1.84. The molecule has 0 aliphatic carbocycles. The number of carbonyl (C=O) groups is 3. The van der Waals surface area contributed by atoms with E-state index in [0.29, 0.717) is 0 Å². The van der Waals surface area contributed by atoms with E-state index in [-0.39, 0.29) is 26.2 Å². The van der Waals surface area contributed by atoms with Crippen LogP contribution in [0, 0.1) is 5.92 Å². The number of ether oxygens (including phenoxy) is 3. The molecule has 0 saturated heterocycles. The molecule has 0 aromatic carbocycles. The van der Waals surface area contributed by atoms with Gasteiger partial charge in [0.15, 0.2) is 0 Å². The highest BCUT2D eigenvalue weighted by Gasteiger charge is 2.51. The van der Waals surface area contributed by atoms with E-state index in [2.05, 4.69) is 15.9 Å². The van der Waals surface area contributed by atoms with Crippen molar-refractivity contribution in [1.82, 2.24) is 0 Å². The Labute approximate surface area is 127 Å². The van der Waals surface area contributed by atoms with Crippen LogP contribution in [0.1, 0.15) is 34.1 Å². The zero-order chi connectivity index (χ0) is 15.8. The number of esters is 3. The molecule has 0 aliphatic heterocycles. The molecule has 0 saturated carbocycles. The van der Waals surface area contributed by atoms with E-state index in [0.717, 1.165) is 0 Å². The van der Waals surface area contributed by atoms with Gasteiger partial charge in [0.05, 0.1) is 26.2 Å². The number of alkyl halides is 1. The molecule has 116 valence electrons. The van der Waals surface area contributed by atoms with Crippen LogP contribution in [0.15, 0.2) is 0 Å². The second-order valence-corrected chi connectivity index (χ2v) is 5.31. The van der Waals surface area contributed by atoms with E-state index in [4.69, 9.17) is 14.2 Å². The van der Waals surface area contributed by atoms with Gasteiger partial charge in [-0.1, -0.05) is 22.9 Å². The smallest absolute Gasteiger partial charge is 0.334 e. The second-order valence-electron chi connectivity index (χ2n) is 4.06. The van der Waals surface area contributed by atoms with Gasteiger partial charge in [0.25, 0.3) is 0 Å². The van der Waals surface area contributed by atoms with Crippen LogP contribution in [0.3, 0.4) is 0 Å². The molecule has 0 radical (unpaired) electrons. The van der Waals surface area contributed by atoms with Crippen LogP contribution in [0.25, 0.3) is 0 Å². The van der Waals surface area contributed by atoms with Crippen LogP contribution < -0.4 is 0 Å². The first-order valence-corrected chi connectivity index (χ1v) is 7.32. The van der Waals surface area contributed by atoms with Crippen LogP contribution >= 0.6 is 15.9 Å². The first-order valence-electron chi connectivity index (χ1n) is 6.53. The maximum Gasteiger partial charge on any atom is 0.334 e. The molecule has 20 heavy (non-hydrogen) atoms. The third kappa shape index (κ3) is 4.77. The SMILES string of the molecule is CCOC(=O)C[C@H](C)C(Br)(C(=O)OCC)C(=O)OCC. The van der Waals surface area contributed by atoms with Crippen LogP contribution in [0.5, 0.6) is 0 Å². The highest BCUT2D eigenvalue weighted by atomic mass is 79.9. The topological polar surface area (TPSA) is 78.9 Å². The number of hydrogen-bond donors (Lipinski definition) is 0. The van der Waals surface area contributed by atoms with Gasteiger partial charge in [-0.05, 0) is 20.8 Å². The normalized spacial score (nSPS) is 12.4. The highest BCUT2D eigenvalue weighted by molar-refractivity contribution is 9.10. The summed E-state index contributed by atoms with van der Waals surface area (Å²) in [6.07, 6.45) is -0.100. The van der Waals surface area contributed by atoms with Gasteiger partial charge in [-0.3, -0.25) is 4.79 Å². The summed E-state index contributed by atoms with van der Waals surface area (Å²) >= 11 is 3.11. The third-order valence-corrected chi connectivity index (χ3v) is 4.03. The van der Waals surface area contributed by atoms with Crippen molar-refractivity contribution >= 4 is 33.8 Å². The van der Waals surface area contributed by atoms with Gasteiger partial charge in [0, 0.05) is 5.92 Å². The zero-order valence-electron chi connectivity index (χ0n) is 12.2. The highest BCUT2D eigenvalue weighted by Crippen LogP contribution is 2.33. The molecule has 0 heterocycles. The summed E-state index contributed by atoms with van der Waals surface area (Å²) in [4.78, 5) is 35.6. The molecule has 0 fully saturated rings. The molecule has 0 aromatic heterocycles. The summed E-state index contributed by atoms with van der Waals surface area (Å²) in [6, 6.07) is 0. The Kier molecular flexibility index (Phi) is 8.45. The number of hydrogen-bond acceptors (Lipinski definition) is 6. The van der Waals surface area contributed by atoms with Crippen molar-refractivity contribution in [2.45, 2.75) is 38.4 Å². The molecule has 0 unspecified atom stereocenters. The minimum absolute atomic E-state index is 0.100. The lowest BCUT2D eigenvalue weighted by atomic mass is 9.91. The lowest BCUT2D eigenvalue weighted by Gasteiger charge is -2.28. The Bertz CT molecular complexity index is 337. The van der Waals surface area contributed by atoms with Gasteiger partial charge in [0.2, 0.25) is 4.32 Å². The summed E-state index contributed by atoms with van der Waals surface area (Å²) in [6.45, 7) is 7.01. The molecule has 6 nitrogen and oxygen atoms in total. The molecule has 0 aliphatic rings. The van der Waals surface area contributed by atoms with Gasteiger partial charge in [0.1, 0.15) is 0 Å². The number of carbonyl (C=O) groups excluding carboxylic acids is 3. The zero-order valence-corrected chi connectivity index (χ0v) is 13.8. The van der Waals surface area contributed by atoms with Crippen molar-refractivity contribution < 1.29 is 28.6 Å². The van der Waals surface area contributed by atoms with Gasteiger partial charge < -0.3 is 14.2 Å². The van der Waals surface area contributed by atoms with Gasteiger partial charge in [-0.15, -0.1) is 0 Å². The van der Waals surface area contributed by atoms with Crippen LogP contribution in [0.2, 0.25) is 0 Å². The van der Waals surface area contributed by atoms with Crippen molar-refractivity contribution in [2.24, 2.45) is 5.92 Å². The molecule has 0 N–H and O–H groups in total. The molecular formula is C13H21BrO6. The van der Waals surface area contributed by atoms with E-state index in [1.165, 1.54) is 0 Å². The van der Waals surface area contributed by atoms with Crippen LogP contribution in [-0.2, 0) is 28.6 Å². The van der Waals surface area contributed by atoms with Crippen LogP contribution in [-0.4, -0.2) is 42.1 Å². The van der Waals surface area contributed by atoms with E-state index < -0.39 is 28.2 Å². The fourth-order valence-corrected chi connectivity index (χ4v) is 1.96. The van der Waals surface area contributed by atoms with E-state index in [9.17, 15) is 14.4 Å². The molecule has 1 atom stereocenters. The first kappa shape index (κ1) is 18.9. The first-order chi connectivity index (χ1) is 9.34.